The van der Waals surface area contributed by atoms with E-state index in [-0.39, 0.29) is 17.3 Å². The lowest BCUT2D eigenvalue weighted by Gasteiger charge is -2.29. The average molecular weight is 496 g/mol. The number of benzene rings is 2. The Balaban J connectivity index is 1.29. The van der Waals surface area contributed by atoms with E-state index < -0.39 is 10.0 Å². The SMILES string of the molecule is CN(Cc1ccc(N2CCOCC2)cc1)C(=O)C=Cc1ccc(S(=O)(=O)NCc2ccco2)cc1. The Morgan fingerprint density at radius 2 is 1.77 bits per heavy atom. The van der Waals surface area contributed by atoms with Gasteiger partial charge in [-0.25, -0.2) is 13.1 Å². The van der Waals surface area contributed by atoms with Gasteiger partial charge < -0.3 is 19.0 Å². The molecule has 1 fully saturated rings. The molecular formula is C26H29N3O5S. The molecule has 1 aromatic heterocycles. The lowest BCUT2D eigenvalue weighted by atomic mass is 10.1. The van der Waals surface area contributed by atoms with Crippen molar-refractivity contribution in [3.63, 3.8) is 0 Å². The zero-order valence-electron chi connectivity index (χ0n) is 19.6. The van der Waals surface area contributed by atoms with Crippen LogP contribution in [-0.4, -0.2) is 52.6 Å². The van der Waals surface area contributed by atoms with E-state index in [0.29, 0.717) is 12.3 Å². The molecule has 0 aliphatic carbocycles. The Labute approximate surface area is 205 Å². The molecule has 1 aliphatic rings. The van der Waals surface area contributed by atoms with Crippen LogP contribution in [0.15, 0.2) is 82.3 Å². The van der Waals surface area contributed by atoms with Crippen LogP contribution in [-0.2, 0) is 32.6 Å². The lowest BCUT2D eigenvalue weighted by molar-refractivity contribution is -0.125. The highest BCUT2D eigenvalue weighted by Gasteiger charge is 2.14. The minimum Gasteiger partial charge on any atom is -0.468 e. The van der Waals surface area contributed by atoms with E-state index in [2.05, 4.69) is 21.8 Å². The van der Waals surface area contributed by atoms with Crippen LogP contribution >= 0.6 is 0 Å². The van der Waals surface area contributed by atoms with E-state index >= 15 is 0 Å². The molecule has 0 saturated carbocycles. The topological polar surface area (TPSA) is 92.1 Å². The van der Waals surface area contributed by atoms with Gasteiger partial charge in [-0.2, -0.15) is 0 Å². The van der Waals surface area contributed by atoms with Gasteiger partial charge in [-0.3, -0.25) is 4.79 Å². The van der Waals surface area contributed by atoms with Crippen LogP contribution < -0.4 is 9.62 Å². The third kappa shape index (κ3) is 6.82. The van der Waals surface area contributed by atoms with Gasteiger partial charge in [0.2, 0.25) is 15.9 Å². The van der Waals surface area contributed by atoms with E-state index in [1.165, 1.54) is 24.5 Å². The Morgan fingerprint density at radius 1 is 1.06 bits per heavy atom. The molecule has 4 rings (SSSR count). The predicted molar refractivity (Wildman–Crippen MR) is 134 cm³/mol. The highest BCUT2D eigenvalue weighted by Crippen LogP contribution is 2.18. The number of sulfonamides is 1. The van der Waals surface area contributed by atoms with Crippen molar-refractivity contribution >= 4 is 27.7 Å². The van der Waals surface area contributed by atoms with Crippen LogP contribution in [0, 0.1) is 0 Å². The number of morpholine rings is 1. The van der Waals surface area contributed by atoms with Gasteiger partial charge >= 0.3 is 0 Å². The monoisotopic (exact) mass is 495 g/mol. The van der Waals surface area contributed by atoms with Gasteiger partial charge in [0, 0.05) is 38.4 Å². The van der Waals surface area contributed by atoms with Crippen LogP contribution in [0.1, 0.15) is 16.9 Å². The fourth-order valence-electron chi connectivity index (χ4n) is 3.70. The maximum atomic E-state index is 12.6. The number of furan rings is 1. The summed E-state index contributed by atoms with van der Waals surface area (Å²) in [4.78, 5) is 16.6. The zero-order valence-corrected chi connectivity index (χ0v) is 20.4. The van der Waals surface area contributed by atoms with E-state index in [4.69, 9.17) is 9.15 Å². The molecule has 8 nitrogen and oxygen atoms in total. The highest BCUT2D eigenvalue weighted by molar-refractivity contribution is 7.89. The molecule has 1 amide bonds. The molecule has 2 heterocycles. The number of anilines is 1. The minimum atomic E-state index is -3.66. The van der Waals surface area contributed by atoms with Gasteiger partial charge in [0.15, 0.2) is 0 Å². The number of ether oxygens (including phenoxy) is 1. The summed E-state index contributed by atoms with van der Waals surface area (Å²) >= 11 is 0. The first-order chi connectivity index (χ1) is 16.9. The molecule has 2 aromatic carbocycles. The van der Waals surface area contributed by atoms with Gasteiger partial charge in [-0.15, -0.1) is 0 Å². The molecule has 0 atom stereocenters. The molecule has 184 valence electrons. The Hall–Kier alpha value is -3.40. The van der Waals surface area contributed by atoms with E-state index in [9.17, 15) is 13.2 Å². The average Bonchev–Trinajstić information content (AvgIpc) is 3.41. The quantitative estimate of drug-likeness (QED) is 0.458. The Morgan fingerprint density at radius 3 is 2.43 bits per heavy atom. The van der Waals surface area contributed by atoms with Crippen molar-refractivity contribution in [2.45, 2.75) is 18.0 Å². The molecule has 0 spiro atoms. The number of nitrogens with one attached hydrogen (secondary N) is 1. The number of amides is 1. The van der Waals surface area contributed by atoms with Crippen LogP contribution in [0.25, 0.3) is 6.08 Å². The maximum Gasteiger partial charge on any atom is 0.246 e. The molecule has 9 heteroatoms. The molecule has 3 aromatic rings. The van der Waals surface area contributed by atoms with Gasteiger partial charge in [-0.1, -0.05) is 24.3 Å². The molecule has 0 unspecified atom stereocenters. The van der Waals surface area contributed by atoms with E-state index in [0.717, 1.165) is 43.1 Å². The molecule has 1 saturated heterocycles. The number of carbonyl (C=O) groups is 1. The lowest BCUT2D eigenvalue weighted by Crippen LogP contribution is -2.36. The second kappa shape index (κ2) is 11.4. The second-order valence-corrected chi connectivity index (χ2v) is 10.0. The third-order valence-corrected chi connectivity index (χ3v) is 7.15. The van der Waals surface area contributed by atoms with Gasteiger partial charge in [0.25, 0.3) is 0 Å². The summed E-state index contributed by atoms with van der Waals surface area (Å²) in [5.41, 5.74) is 2.93. The number of carbonyl (C=O) groups excluding carboxylic acids is 1. The highest BCUT2D eigenvalue weighted by atomic mass is 32.2. The standard InChI is InChI=1S/C26H29N3O5S/c1-28(20-22-4-9-23(10-5-22)29-14-17-33-18-15-29)26(30)13-8-21-6-11-25(12-7-21)35(31,32)27-19-24-3-2-16-34-24/h2-13,16,27H,14-15,17-20H2,1H3. The van der Waals surface area contributed by atoms with Crippen LogP contribution in [0.5, 0.6) is 0 Å². The van der Waals surface area contributed by atoms with Crippen LogP contribution in [0.2, 0.25) is 0 Å². The predicted octanol–water partition coefficient (Wildman–Crippen LogP) is 3.27. The molecule has 0 radical (unpaired) electrons. The summed E-state index contributed by atoms with van der Waals surface area (Å²) in [6.07, 6.45) is 4.65. The number of likely N-dealkylation sites (N-methyl/N-ethyl adjacent to an activating group) is 1. The molecule has 0 bridgehead atoms. The number of hydrogen-bond acceptors (Lipinski definition) is 6. The van der Waals surface area contributed by atoms with Gasteiger partial charge in [0.1, 0.15) is 5.76 Å². The second-order valence-electron chi connectivity index (χ2n) is 8.27. The van der Waals surface area contributed by atoms with Crippen molar-refractivity contribution in [1.29, 1.82) is 0 Å². The van der Waals surface area contributed by atoms with E-state index in [1.807, 2.05) is 12.1 Å². The largest absolute Gasteiger partial charge is 0.468 e. The third-order valence-electron chi connectivity index (χ3n) is 5.73. The van der Waals surface area contributed by atoms with Crippen LogP contribution in [0.3, 0.4) is 0 Å². The first-order valence-corrected chi connectivity index (χ1v) is 12.9. The summed E-state index contributed by atoms with van der Waals surface area (Å²) in [6, 6.07) is 18.0. The van der Waals surface area contributed by atoms with E-state index in [1.54, 1.807) is 42.3 Å². The van der Waals surface area contributed by atoms with Crippen molar-refractivity contribution in [3.05, 3.63) is 89.9 Å². The maximum absolute atomic E-state index is 12.6. The first-order valence-electron chi connectivity index (χ1n) is 11.4. The summed E-state index contributed by atoms with van der Waals surface area (Å²) < 4.78 is 37.9. The summed E-state index contributed by atoms with van der Waals surface area (Å²) in [7, 11) is -1.91. The van der Waals surface area contributed by atoms with Gasteiger partial charge in [0.05, 0.1) is 30.9 Å². The van der Waals surface area contributed by atoms with Crippen molar-refractivity contribution in [1.82, 2.24) is 9.62 Å². The summed E-state index contributed by atoms with van der Waals surface area (Å²) in [5.74, 6) is 0.392. The fourth-order valence-corrected chi connectivity index (χ4v) is 4.69. The zero-order chi connectivity index (χ0) is 24.7. The number of rotatable bonds is 9. The molecule has 1 N–H and O–H groups in total. The Bertz CT molecular complexity index is 1230. The van der Waals surface area contributed by atoms with Crippen molar-refractivity contribution in [3.8, 4) is 0 Å². The van der Waals surface area contributed by atoms with Crippen molar-refractivity contribution in [2.75, 3.05) is 38.3 Å². The van der Waals surface area contributed by atoms with Gasteiger partial charge in [-0.05, 0) is 53.6 Å². The molecule has 35 heavy (non-hydrogen) atoms. The summed E-state index contributed by atoms with van der Waals surface area (Å²) in [5, 5.41) is 0. The molecular weight excluding hydrogens is 466 g/mol. The van der Waals surface area contributed by atoms with Crippen molar-refractivity contribution in [2.24, 2.45) is 0 Å². The Kier molecular flexibility index (Phi) is 8.02. The summed E-state index contributed by atoms with van der Waals surface area (Å²) in [6.45, 7) is 3.83. The smallest absolute Gasteiger partial charge is 0.246 e. The normalized spacial score (nSPS) is 14.4. The van der Waals surface area contributed by atoms with Crippen molar-refractivity contribution < 1.29 is 22.4 Å². The fraction of sp³-hybridized carbons (Fsp3) is 0.269. The number of hydrogen-bond donors (Lipinski definition) is 1. The minimum absolute atomic E-state index is 0.0771. The molecule has 1 aliphatic heterocycles. The van der Waals surface area contributed by atoms with Crippen LogP contribution in [0.4, 0.5) is 5.69 Å². The first kappa shape index (κ1) is 24.7. The number of nitrogens with zero attached hydrogens (tertiary/aromatic N) is 2.